The molecule has 0 N–H and O–H groups in total. The number of nitrogens with zero attached hydrogens (tertiary/aromatic N) is 5. The summed E-state index contributed by atoms with van der Waals surface area (Å²) in [6, 6.07) is 0.460. The van der Waals surface area contributed by atoms with Crippen LogP contribution < -0.4 is 9.64 Å². The fourth-order valence-corrected chi connectivity index (χ4v) is 2.89. The van der Waals surface area contributed by atoms with Crippen molar-refractivity contribution >= 4 is 5.82 Å². The minimum absolute atomic E-state index is 0.460. The van der Waals surface area contributed by atoms with Gasteiger partial charge in [-0.15, -0.1) is 0 Å². The highest BCUT2D eigenvalue weighted by atomic mass is 16.5. The number of rotatable bonds is 4. The predicted octanol–water partition coefficient (Wildman–Crippen LogP) is 2.49. The highest BCUT2D eigenvalue weighted by molar-refractivity contribution is 5.47. The lowest BCUT2D eigenvalue weighted by atomic mass is 9.98. The lowest BCUT2D eigenvalue weighted by Gasteiger charge is -2.34. The predicted molar refractivity (Wildman–Crippen MR) is 88.7 cm³/mol. The third kappa shape index (κ3) is 3.75. The van der Waals surface area contributed by atoms with E-state index >= 15 is 0 Å². The molecule has 1 aliphatic heterocycles. The smallest absolute Gasteiger partial charge is 0.316 e. The molecule has 3 heterocycles. The van der Waals surface area contributed by atoms with Gasteiger partial charge >= 0.3 is 6.01 Å². The molecule has 0 bridgehead atoms. The first kappa shape index (κ1) is 15.6. The lowest BCUT2D eigenvalue weighted by Crippen LogP contribution is -2.38. The quantitative estimate of drug-likeness (QED) is 0.864. The first-order chi connectivity index (χ1) is 11.1. The van der Waals surface area contributed by atoms with Crippen LogP contribution in [0.25, 0.3) is 0 Å². The minimum Gasteiger partial charge on any atom is -0.463 e. The minimum atomic E-state index is 0.460. The van der Waals surface area contributed by atoms with Crippen molar-refractivity contribution in [2.24, 2.45) is 5.92 Å². The molecule has 1 atom stereocenters. The van der Waals surface area contributed by atoms with Gasteiger partial charge in [-0.3, -0.25) is 0 Å². The Bertz CT molecular complexity index is 659. The first-order valence-electron chi connectivity index (χ1n) is 8.08. The van der Waals surface area contributed by atoms with Gasteiger partial charge in [-0.05, 0) is 39.2 Å². The van der Waals surface area contributed by atoms with Crippen LogP contribution in [0.15, 0.2) is 18.7 Å². The Morgan fingerprint density at radius 1 is 1.13 bits per heavy atom. The molecule has 23 heavy (non-hydrogen) atoms. The molecule has 122 valence electrons. The summed E-state index contributed by atoms with van der Waals surface area (Å²) in [6.07, 6.45) is 7.51. The molecule has 1 fully saturated rings. The fourth-order valence-electron chi connectivity index (χ4n) is 2.89. The summed E-state index contributed by atoms with van der Waals surface area (Å²) < 4.78 is 5.76. The van der Waals surface area contributed by atoms with Crippen molar-refractivity contribution in [1.82, 2.24) is 19.9 Å². The van der Waals surface area contributed by atoms with E-state index < -0.39 is 0 Å². The molecule has 0 radical (unpaired) electrons. The lowest BCUT2D eigenvalue weighted by molar-refractivity contribution is 0.213. The summed E-state index contributed by atoms with van der Waals surface area (Å²) in [6.45, 7) is 8.71. The van der Waals surface area contributed by atoms with Gasteiger partial charge in [0.2, 0.25) is 0 Å². The van der Waals surface area contributed by atoms with Crippen molar-refractivity contribution < 1.29 is 4.74 Å². The Kier molecular flexibility index (Phi) is 4.69. The van der Waals surface area contributed by atoms with Crippen LogP contribution in [0.5, 0.6) is 6.01 Å². The molecule has 0 aliphatic carbocycles. The SMILES string of the molecule is Cc1cnc(OCC2CCCN(c3ncnc(C)c3C)C2)nc1. The Morgan fingerprint density at radius 2 is 1.91 bits per heavy atom. The molecular formula is C17H23N5O. The summed E-state index contributed by atoms with van der Waals surface area (Å²) in [7, 11) is 0. The van der Waals surface area contributed by atoms with Gasteiger partial charge in [-0.25, -0.2) is 19.9 Å². The van der Waals surface area contributed by atoms with Gasteiger partial charge in [0.05, 0.1) is 6.61 Å². The van der Waals surface area contributed by atoms with E-state index in [0.29, 0.717) is 18.5 Å². The standard InChI is InChI=1S/C17H23N5O/c1-12-7-18-17(19-8-12)23-10-15-5-4-6-22(9-15)16-13(2)14(3)20-11-21-16/h7-8,11,15H,4-6,9-10H2,1-3H3. The van der Waals surface area contributed by atoms with Crippen LogP contribution in [0.1, 0.15) is 29.7 Å². The van der Waals surface area contributed by atoms with Gasteiger partial charge in [0.15, 0.2) is 0 Å². The van der Waals surface area contributed by atoms with E-state index in [9.17, 15) is 0 Å². The number of piperidine rings is 1. The average Bonchev–Trinajstić information content (AvgIpc) is 2.57. The van der Waals surface area contributed by atoms with E-state index in [2.05, 4.69) is 31.8 Å². The topological polar surface area (TPSA) is 64.0 Å². The molecule has 2 aromatic rings. The maximum atomic E-state index is 5.76. The Balaban J connectivity index is 1.62. The molecule has 2 aromatic heterocycles. The number of anilines is 1. The van der Waals surface area contributed by atoms with Crippen LogP contribution in [0.4, 0.5) is 5.82 Å². The van der Waals surface area contributed by atoms with E-state index in [1.807, 2.05) is 13.8 Å². The van der Waals surface area contributed by atoms with Gasteiger partial charge in [-0.1, -0.05) is 0 Å². The van der Waals surface area contributed by atoms with E-state index in [4.69, 9.17) is 4.74 Å². The summed E-state index contributed by atoms with van der Waals surface area (Å²) in [5.74, 6) is 1.51. The number of aromatic nitrogens is 4. The van der Waals surface area contributed by atoms with Gasteiger partial charge in [-0.2, -0.15) is 0 Å². The molecule has 3 rings (SSSR count). The maximum absolute atomic E-state index is 5.76. The summed E-state index contributed by atoms with van der Waals surface area (Å²) in [4.78, 5) is 19.5. The Hall–Kier alpha value is -2.24. The zero-order valence-corrected chi connectivity index (χ0v) is 14.0. The van der Waals surface area contributed by atoms with Gasteiger partial charge < -0.3 is 9.64 Å². The highest BCUT2D eigenvalue weighted by Gasteiger charge is 2.23. The van der Waals surface area contributed by atoms with E-state index in [1.54, 1.807) is 18.7 Å². The molecule has 6 nitrogen and oxygen atoms in total. The van der Waals surface area contributed by atoms with E-state index in [-0.39, 0.29) is 0 Å². The third-order valence-corrected chi connectivity index (χ3v) is 4.33. The fraction of sp³-hybridized carbons (Fsp3) is 0.529. The van der Waals surface area contributed by atoms with Crippen LogP contribution in [0.3, 0.4) is 0 Å². The van der Waals surface area contributed by atoms with E-state index in [0.717, 1.165) is 48.6 Å². The molecule has 0 amide bonds. The highest BCUT2D eigenvalue weighted by Crippen LogP contribution is 2.25. The number of hydrogen-bond acceptors (Lipinski definition) is 6. The van der Waals surface area contributed by atoms with Crippen LogP contribution in [-0.2, 0) is 0 Å². The molecule has 1 aliphatic rings. The maximum Gasteiger partial charge on any atom is 0.316 e. The van der Waals surface area contributed by atoms with Gasteiger partial charge in [0.1, 0.15) is 12.1 Å². The Morgan fingerprint density at radius 3 is 2.70 bits per heavy atom. The molecule has 0 spiro atoms. The molecule has 6 heteroatoms. The largest absolute Gasteiger partial charge is 0.463 e. The van der Waals surface area contributed by atoms with Crippen molar-refractivity contribution in [2.75, 3.05) is 24.6 Å². The molecule has 0 aromatic carbocycles. The second-order valence-corrected chi connectivity index (χ2v) is 6.22. The Labute approximate surface area is 137 Å². The first-order valence-corrected chi connectivity index (χ1v) is 8.08. The molecule has 1 saturated heterocycles. The van der Waals surface area contributed by atoms with Crippen molar-refractivity contribution in [3.05, 3.63) is 35.5 Å². The van der Waals surface area contributed by atoms with E-state index in [1.165, 1.54) is 0 Å². The zero-order valence-electron chi connectivity index (χ0n) is 14.0. The number of hydrogen-bond donors (Lipinski definition) is 0. The van der Waals surface area contributed by atoms with Crippen molar-refractivity contribution in [1.29, 1.82) is 0 Å². The second-order valence-electron chi connectivity index (χ2n) is 6.22. The summed E-state index contributed by atoms with van der Waals surface area (Å²) >= 11 is 0. The van der Waals surface area contributed by atoms with Crippen molar-refractivity contribution in [3.8, 4) is 6.01 Å². The normalized spacial score (nSPS) is 18.0. The monoisotopic (exact) mass is 313 g/mol. The van der Waals surface area contributed by atoms with Crippen LogP contribution in [0, 0.1) is 26.7 Å². The number of ether oxygens (including phenoxy) is 1. The molecule has 1 unspecified atom stereocenters. The van der Waals surface area contributed by atoms with Crippen LogP contribution in [0.2, 0.25) is 0 Å². The number of aryl methyl sites for hydroxylation is 2. The zero-order chi connectivity index (χ0) is 16.2. The average molecular weight is 313 g/mol. The van der Waals surface area contributed by atoms with Crippen LogP contribution in [-0.4, -0.2) is 39.6 Å². The van der Waals surface area contributed by atoms with Gasteiger partial charge in [0, 0.05) is 42.7 Å². The van der Waals surface area contributed by atoms with Crippen molar-refractivity contribution in [2.45, 2.75) is 33.6 Å². The van der Waals surface area contributed by atoms with Crippen molar-refractivity contribution in [3.63, 3.8) is 0 Å². The van der Waals surface area contributed by atoms with Gasteiger partial charge in [0.25, 0.3) is 0 Å². The second kappa shape index (κ2) is 6.89. The molecule has 0 saturated carbocycles. The summed E-state index contributed by atoms with van der Waals surface area (Å²) in [5.41, 5.74) is 3.24. The molecular weight excluding hydrogens is 290 g/mol. The van der Waals surface area contributed by atoms with Crippen LogP contribution >= 0.6 is 0 Å². The third-order valence-electron chi connectivity index (χ3n) is 4.33. The summed E-state index contributed by atoms with van der Waals surface area (Å²) in [5, 5.41) is 0.